The summed E-state index contributed by atoms with van der Waals surface area (Å²) in [6.45, 7) is 9.62. The Bertz CT molecular complexity index is 694. The van der Waals surface area contributed by atoms with Gasteiger partial charge in [-0.25, -0.2) is 4.39 Å². The number of nitrogens with zero attached hydrogens (tertiary/aromatic N) is 2. The standard InChI is InChI=1S/C20H25FN2O2/c1-4-12-22(16(3)20(24)25-5-2)15-19-7-6-13-23(19)14-17-8-10-18(21)11-9-17/h4,6-11,13,16H,1,5,12,14-15H2,2-3H3/t16-/m1/s1. The van der Waals surface area contributed by atoms with Gasteiger partial charge in [-0.3, -0.25) is 9.69 Å². The maximum atomic E-state index is 13.1. The fraction of sp³-hybridized carbons (Fsp3) is 0.350. The summed E-state index contributed by atoms with van der Waals surface area (Å²) in [5.74, 6) is -0.474. The summed E-state index contributed by atoms with van der Waals surface area (Å²) in [6, 6.07) is 10.1. The summed E-state index contributed by atoms with van der Waals surface area (Å²) in [4.78, 5) is 14.1. The first-order valence-electron chi connectivity index (χ1n) is 8.45. The van der Waals surface area contributed by atoms with Gasteiger partial charge in [0.25, 0.3) is 0 Å². The van der Waals surface area contributed by atoms with Crippen LogP contribution in [0.25, 0.3) is 0 Å². The molecule has 1 aromatic carbocycles. The van der Waals surface area contributed by atoms with E-state index in [0.717, 1.165) is 11.3 Å². The van der Waals surface area contributed by atoms with E-state index >= 15 is 0 Å². The van der Waals surface area contributed by atoms with Crippen molar-refractivity contribution in [3.8, 4) is 0 Å². The second kappa shape index (κ2) is 9.18. The third-order valence-electron chi connectivity index (χ3n) is 4.09. The van der Waals surface area contributed by atoms with Crippen molar-refractivity contribution in [1.82, 2.24) is 9.47 Å². The van der Waals surface area contributed by atoms with Crippen LogP contribution in [0.5, 0.6) is 0 Å². The van der Waals surface area contributed by atoms with Crippen LogP contribution in [0.1, 0.15) is 25.1 Å². The van der Waals surface area contributed by atoms with Gasteiger partial charge in [-0.05, 0) is 43.7 Å². The SMILES string of the molecule is C=CCN(Cc1cccn1Cc1ccc(F)cc1)[C@H](C)C(=O)OCC. The van der Waals surface area contributed by atoms with Crippen molar-refractivity contribution >= 4 is 5.97 Å². The van der Waals surface area contributed by atoms with Crippen molar-refractivity contribution in [1.29, 1.82) is 0 Å². The van der Waals surface area contributed by atoms with Gasteiger partial charge in [-0.15, -0.1) is 6.58 Å². The van der Waals surface area contributed by atoms with Crippen LogP contribution in [0, 0.1) is 5.82 Å². The molecule has 1 aromatic heterocycles. The Kier molecular flexibility index (Phi) is 6.95. The molecule has 1 atom stereocenters. The second-order valence-corrected chi connectivity index (χ2v) is 5.90. The summed E-state index contributed by atoms with van der Waals surface area (Å²) < 4.78 is 20.3. The first-order chi connectivity index (χ1) is 12.0. The molecule has 0 saturated carbocycles. The Balaban J connectivity index is 2.12. The minimum Gasteiger partial charge on any atom is -0.465 e. The monoisotopic (exact) mass is 344 g/mol. The number of hydrogen-bond acceptors (Lipinski definition) is 3. The molecule has 1 heterocycles. The van der Waals surface area contributed by atoms with Gasteiger partial charge in [0.1, 0.15) is 11.9 Å². The number of halogens is 1. The molecule has 0 aliphatic carbocycles. The van der Waals surface area contributed by atoms with Gasteiger partial charge in [-0.2, -0.15) is 0 Å². The van der Waals surface area contributed by atoms with Gasteiger partial charge < -0.3 is 9.30 Å². The number of carbonyl (C=O) groups excluding carboxylic acids is 1. The molecular formula is C20H25FN2O2. The van der Waals surface area contributed by atoms with Gasteiger partial charge in [0.15, 0.2) is 0 Å². The number of carbonyl (C=O) groups is 1. The zero-order valence-corrected chi connectivity index (χ0v) is 14.8. The van der Waals surface area contributed by atoms with Crippen molar-refractivity contribution in [3.63, 3.8) is 0 Å². The van der Waals surface area contributed by atoms with Crippen LogP contribution in [0.15, 0.2) is 55.3 Å². The van der Waals surface area contributed by atoms with Crippen molar-refractivity contribution in [2.45, 2.75) is 33.0 Å². The van der Waals surface area contributed by atoms with Crippen LogP contribution in [-0.4, -0.2) is 34.6 Å². The zero-order valence-electron chi connectivity index (χ0n) is 14.8. The van der Waals surface area contributed by atoms with E-state index in [0.29, 0.717) is 26.2 Å². The molecule has 5 heteroatoms. The van der Waals surface area contributed by atoms with Crippen molar-refractivity contribution in [2.75, 3.05) is 13.2 Å². The average Bonchev–Trinajstić information content (AvgIpc) is 3.03. The van der Waals surface area contributed by atoms with E-state index in [-0.39, 0.29) is 17.8 Å². The van der Waals surface area contributed by atoms with E-state index in [9.17, 15) is 9.18 Å². The zero-order chi connectivity index (χ0) is 18.2. The van der Waals surface area contributed by atoms with Crippen LogP contribution in [0.3, 0.4) is 0 Å². The van der Waals surface area contributed by atoms with Crippen molar-refractivity contribution in [3.05, 3.63) is 72.3 Å². The molecular weight excluding hydrogens is 319 g/mol. The Hall–Kier alpha value is -2.40. The molecule has 0 fully saturated rings. The highest BCUT2D eigenvalue weighted by molar-refractivity contribution is 5.75. The number of benzene rings is 1. The van der Waals surface area contributed by atoms with Gasteiger partial charge in [0.05, 0.1) is 6.61 Å². The molecule has 0 aliphatic rings. The quantitative estimate of drug-likeness (QED) is 0.515. The molecule has 0 saturated heterocycles. The molecule has 0 unspecified atom stereocenters. The summed E-state index contributed by atoms with van der Waals surface area (Å²) in [5.41, 5.74) is 2.09. The van der Waals surface area contributed by atoms with E-state index < -0.39 is 0 Å². The number of hydrogen-bond donors (Lipinski definition) is 0. The molecule has 0 N–H and O–H groups in total. The molecule has 25 heavy (non-hydrogen) atoms. The minimum absolute atomic E-state index is 0.235. The summed E-state index contributed by atoms with van der Waals surface area (Å²) in [6.07, 6.45) is 3.77. The highest BCUT2D eigenvalue weighted by Gasteiger charge is 2.22. The molecule has 2 rings (SSSR count). The number of ether oxygens (including phenoxy) is 1. The molecule has 0 aliphatic heterocycles. The predicted octanol–water partition coefficient (Wildman–Crippen LogP) is 3.62. The molecule has 4 nitrogen and oxygen atoms in total. The van der Waals surface area contributed by atoms with E-state index in [2.05, 4.69) is 11.1 Å². The first-order valence-corrected chi connectivity index (χ1v) is 8.45. The normalized spacial score (nSPS) is 12.2. The highest BCUT2D eigenvalue weighted by atomic mass is 19.1. The van der Waals surface area contributed by atoms with E-state index in [1.54, 1.807) is 25.1 Å². The maximum absolute atomic E-state index is 13.1. The molecule has 0 radical (unpaired) electrons. The van der Waals surface area contributed by atoms with Crippen LogP contribution in [-0.2, 0) is 22.6 Å². The highest BCUT2D eigenvalue weighted by Crippen LogP contribution is 2.14. The Morgan fingerprint density at radius 3 is 2.72 bits per heavy atom. The summed E-state index contributed by atoms with van der Waals surface area (Å²) >= 11 is 0. The number of rotatable bonds is 9. The number of aromatic nitrogens is 1. The van der Waals surface area contributed by atoms with Gasteiger partial charge in [-0.1, -0.05) is 18.2 Å². The predicted molar refractivity (Wildman–Crippen MR) is 96.6 cm³/mol. The fourth-order valence-electron chi connectivity index (χ4n) is 2.68. The third kappa shape index (κ3) is 5.29. The summed E-state index contributed by atoms with van der Waals surface area (Å²) in [5, 5.41) is 0. The second-order valence-electron chi connectivity index (χ2n) is 5.90. The van der Waals surface area contributed by atoms with Gasteiger partial charge in [0, 0.05) is 31.5 Å². The van der Waals surface area contributed by atoms with Gasteiger partial charge >= 0.3 is 5.97 Å². The van der Waals surface area contributed by atoms with Crippen LogP contribution in [0.4, 0.5) is 4.39 Å². The Morgan fingerprint density at radius 1 is 1.36 bits per heavy atom. The maximum Gasteiger partial charge on any atom is 0.323 e. The van der Waals surface area contributed by atoms with Crippen LogP contribution in [0.2, 0.25) is 0 Å². The smallest absolute Gasteiger partial charge is 0.323 e. The van der Waals surface area contributed by atoms with Crippen molar-refractivity contribution < 1.29 is 13.9 Å². The van der Waals surface area contributed by atoms with E-state index in [1.165, 1.54) is 12.1 Å². The lowest BCUT2D eigenvalue weighted by Crippen LogP contribution is -2.40. The lowest BCUT2D eigenvalue weighted by atomic mass is 10.2. The summed E-state index contributed by atoms with van der Waals surface area (Å²) in [7, 11) is 0. The molecule has 0 amide bonds. The molecule has 2 aromatic rings. The largest absolute Gasteiger partial charge is 0.465 e. The Labute approximate surface area is 148 Å². The molecule has 0 bridgehead atoms. The minimum atomic E-state index is -0.355. The lowest BCUT2D eigenvalue weighted by Gasteiger charge is -2.27. The Morgan fingerprint density at radius 2 is 2.08 bits per heavy atom. The van der Waals surface area contributed by atoms with Crippen molar-refractivity contribution in [2.24, 2.45) is 0 Å². The van der Waals surface area contributed by atoms with Crippen LogP contribution < -0.4 is 0 Å². The topological polar surface area (TPSA) is 34.5 Å². The number of esters is 1. The molecule has 0 spiro atoms. The average molecular weight is 344 g/mol. The van der Waals surface area contributed by atoms with Crippen LogP contribution >= 0.6 is 0 Å². The van der Waals surface area contributed by atoms with Gasteiger partial charge in [0.2, 0.25) is 0 Å². The first kappa shape index (κ1) is 18.9. The molecule has 134 valence electrons. The lowest BCUT2D eigenvalue weighted by molar-refractivity contribution is -0.148. The fourth-order valence-corrected chi connectivity index (χ4v) is 2.68. The van der Waals surface area contributed by atoms with E-state index in [1.807, 2.05) is 30.2 Å². The van der Waals surface area contributed by atoms with E-state index in [4.69, 9.17) is 4.74 Å². The third-order valence-corrected chi connectivity index (χ3v) is 4.09.